The summed E-state index contributed by atoms with van der Waals surface area (Å²) in [7, 11) is 0. The summed E-state index contributed by atoms with van der Waals surface area (Å²) in [4.78, 5) is 3.23. The van der Waals surface area contributed by atoms with Crippen molar-refractivity contribution in [2.24, 2.45) is 0 Å². The van der Waals surface area contributed by atoms with Crippen LogP contribution < -0.4 is 5.32 Å². The molecule has 0 spiro atoms. The van der Waals surface area contributed by atoms with Crippen LogP contribution in [-0.2, 0) is 5.54 Å². The van der Waals surface area contributed by atoms with Gasteiger partial charge >= 0.3 is 0 Å². The van der Waals surface area contributed by atoms with E-state index in [1.165, 1.54) is 29.4 Å². The molecule has 2 N–H and O–H groups in total. The van der Waals surface area contributed by atoms with Gasteiger partial charge < -0.3 is 10.3 Å². The molecule has 1 unspecified atom stereocenters. The Labute approximate surface area is 106 Å². The van der Waals surface area contributed by atoms with E-state index >= 15 is 0 Å². The third-order valence-corrected chi connectivity index (χ3v) is 4.25. The zero-order chi connectivity index (χ0) is 12.0. The van der Waals surface area contributed by atoms with E-state index in [0.717, 1.165) is 17.1 Å². The monoisotopic (exact) mass is 248 g/mol. The lowest BCUT2D eigenvalue weighted by atomic mass is 9.89. The minimum Gasteiger partial charge on any atom is -0.360 e. The van der Waals surface area contributed by atoms with Gasteiger partial charge in [0.25, 0.3) is 0 Å². The van der Waals surface area contributed by atoms with E-state index in [9.17, 15) is 0 Å². The first-order chi connectivity index (χ1) is 8.10. The van der Waals surface area contributed by atoms with Gasteiger partial charge in [0.2, 0.25) is 0 Å². The smallest absolute Gasteiger partial charge is 0.0650 e. The second-order valence-corrected chi connectivity index (χ2v) is 5.62. The summed E-state index contributed by atoms with van der Waals surface area (Å²) >= 11 is 6.36. The zero-order valence-electron chi connectivity index (χ0n) is 10.2. The molecule has 0 aliphatic carbocycles. The molecule has 17 heavy (non-hydrogen) atoms. The molecule has 1 aromatic carbocycles. The lowest BCUT2D eigenvalue weighted by Gasteiger charge is -2.25. The Morgan fingerprint density at radius 3 is 2.88 bits per heavy atom. The lowest BCUT2D eigenvalue weighted by molar-refractivity contribution is 0.435. The molecule has 3 heteroatoms. The van der Waals surface area contributed by atoms with Gasteiger partial charge in [-0.2, -0.15) is 0 Å². The van der Waals surface area contributed by atoms with Gasteiger partial charge in [0.1, 0.15) is 0 Å². The fourth-order valence-corrected chi connectivity index (χ4v) is 3.06. The van der Waals surface area contributed by atoms with Gasteiger partial charge in [-0.05, 0) is 56.5 Å². The molecule has 1 aromatic heterocycles. The van der Waals surface area contributed by atoms with Crippen molar-refractivity contribution in [3.8, 4) is 0 Å². The number of fused-ring (bicyclic) bond motifs is 1. The summed E-state index contributed by atoms with van der Waals surface area (Å²) in [6, 6.07) is 4.36. The van der Waals surface area contributed by atoms with Gasteiger partial charge in [-0.15, -0.1) is 0 Å². The number of rotatable bonds is 1. The van der Waals surface area contributed by atoms with E-state index in [-0.39, 0.29) is 5.54 Å². The maximum Gasteiger partial charge on any atom is 0.0650 e. The highest BCUT2D eigenvalue weighted by Crippen LogP contribution is 2.35. The van der Waals surface area contributed by atoms with E-state index in [2.05, 4.69) is 36.3 Å². The molecular formula is C14H17ClN2. The molecule has 1 atom stereocenters. The molecular weight excluding hydrogens is 232 g/mol. The first-order valence-corrected chi connectivity index (χ1v) is 6.51. The molecule has 0 saturated carbocycles. The number of nitrogens with one attached hydrogen (secondary N) is 2. The van der Waals surface area contributed by atoms with Gasteiger partial charge in [-0.25, -0.2) is 0 Å². The van der Waals surface area contributed by atoms with Crippen LogP contribution in [0, 0.1) is 6.92 Å². The molecule has 1 aliphatic heterocycles. The van der Waals surface area contributed by atoms with Crippen molar-refractivity contribution < 1.29 is 0 Å². The molecule has 2 nitrogen and oxygen atoms in total. The van der Waals surface area contributed by atoms with Crippen LogP contribution in [-0.4, -0.2) is 11.5 Å². The lowest BCUT2D eigenvalue weighted by Crippen LogP contribution is -2.33. The first kappa shape index (κ1) is 11.1. The predicted molar refractivity (Wildman–Crippen MR) is 72.6 cm³/mol. The molecule has 90 valence electrons. The van der Waals surface area contributed by atoms with E-state index < -0.39 is 0 Å². The van der Waals surface area contributed by atoms with Gasteiger partial charge in [-0.1, -0.05) is 11.6 Å². The SMILES string of the molecule is Cc1c[nH]c2c(Cl)cc(C3(C)CCCN3)cc12. The number of hydrogen-bond acceptors (Lipinski definition) is 1. The van der Waals surface area contributed by atoms with Crippen LogP contribution in [0.2, 0.25) is 5.02 Å². The summed E-state index contributed by atoms with van der Waals surface area (Å²) in [6.45, 7) is 5.47. The predicted octanol–water partition coefficient (Wildman–Crippen LogP) is 3.73. The Kier molecular flexibility index (Phi) is 2.46. The van der Waals surface area contributed by atoms with Crippen LogP contribution in [0.1, 0.15) is 30.9 Å². The number of aromatic amines is 1. The second-order valence-electron chi connectivity index (χ2n) is 5.21. The summed E-state index contributed by atoms with van der Waals surface area (Å²) in [6.07, 6.45) is 4.43. The van der Waals surface area contributed by atoms with E-state index in [1.54, 1.807) is 0 Å². The topological polar surface area (TPSA) is 27.8 Å². The minimum atomic E-state index is 0.0849. The third kappa shape index (κ3) is 1.67. The summed E-state index contributed by atoms with van der Waals surface area (Å²) in [5, 5.41) is 5.64. The van der Waals surface area contributed by atoms with E-state index in [4.69, 9.17) is 11.6 Å². The summed E-state index contributed by atoms with van der Waals surface area (Å²) in [5.74, 6) is 0. The van der Waals surface area contributed by atoms with Crippen LogP contribution in [0.15, 0.2) is 18.3 Å². The molecule has 0 amide bonds. The van der Waals surface area contributed by atoms with Crippen LogP contribution in [0.5, 0.6) is 0 Å². The molecule has 2 aromatic rings. The highest BCUT2D eigenvalue weighted by atomic mass is 35.5. The number of aryl methyl sites for hydroxylation is 1. The highest BCUT2D eigenvalue weighted by molar-refractivity contribution is 6.35. The summed E-state index contributed by atoms with van der Waals surface area (Å²) < 4.78 is 0. The molecule has 2 heterocycles. The minimum absolute atomic E-state index is 0.0849. The van der Waals surface area contributed by atoms with Crippen molar-refractivity contribution in [2.75, 3.05) is 6.54 Å². The standard InChI is InChI=1S/C14H17ClN2/c1-9-8-16-13-11(9)6-10(7-12(13)15)14(2)4-3-5-17-14/h6-8,16-17H,3-5H2,1-2H3. The Morgan fingerprint density at radius 2 is 2.18 bits per heavy atom. The number of H-pyrrole nitrogens is 1. The van der Waals surface area contributed by atoms with Crippen LogP contribution in [0.4, 0.5) is 0 Å². The van der Waals surface area contributed by atoms with Crippen LogP contribution in [0.3, 0.4) is 0 Å². The van der Waals surface area contributed by atoms with Crippen molar-refractivity contribution in [3.63, 3.8) is 0 Å². The fourth-order valence-electron chi connectivity index (χ4n) is 2.78. The van der Waals surface area contributed by atoms with Crippen molar-refractivity contribution in [2.45, 2.75) is 32.2 Å². The molecule has 1 saturated heterocycles. The Bertz CT molecular complexity index is 565. The number of benzene rings is 1. The van der Waals surface area contributed by atoms with Crippen LogP contribution >= 0.6 is 11.6 Å². The Hall–Kier alpha value is -0.990. The van der Waals surface area contributed by atoms with Crippen LogP contribution in [0.25, 0.3) is 10.9 Å². The van der Waals surface area contributed by atoms with Crippen molar-refractivity contribution in [1.29, 1.82) is 0 Å². The average molecular weight is 249 g/mol. The quantitative estimate of drug-likeness (QED) is 0.791. The first-order valence-electron chi connectivity index (χ1n) is 6.13. The third-order valence-electron chi connectivity index (χ3n) is 3.95. The van der Waals surface area contributed by atoms with E-state index in [1.807, 2.05) is 6.20 Å². The largest absolute Gasteiger partial charge is 0.360 e. The van der Waals surface area contributed by atoms with Gasteiger partial charge in [0.15, 0.2) is 0 Å². The number of halogens is 1. The molecule has 1 aliphatic rings. The average Bonchev–Trinajstić information content (AvgIpc) is 2.88. The van der Waals surface area contributed by atoms with Crippen molar-refractivity contribution in [1.82, 2.24) is 10.3 Å². The normalized spacial score (nSPS) is 24.6. The summed E-state index contributed by atoms with van der Waals surface area (Å²) in [5.41, 5.74) is 3.69. The maximum absolute atomic E-state index is 6.36. The van der Waals surface area contributed by atoms with Gasteiger partial charge in [0, 0.05) is 17.1 Å². The Morgan fingerprint density at radius 1 is 1.35 bits per heavy atom. The number of aromatic nitrogens is 1. The highest BCUT2D eigenvalue weighted by Gasteiger charge is 2.30. The van der Waals surface area contributed by atoms with Crippen molar-refractivity contribution >= 4 is 22.5 Å². The van der Waals surface area contributed by atoms with Gasteiger partial charge in [0.05, 0.1) is 10.5 Å². The van der Waals surface area contributed by atoms with Crippen molar-refractivity contribution in [3.05, 3.63) is 34.5 Å². The molecule has 0 radical (unpaired) electrons. The van der Waals surface area contributed by atoms with E-state index in [0.29, 0.717) is 0 Å². The zero-order valence-corrected chi connectivity index (χ0v) is 11.0. The maximum atomic E-state index is 6.36. The molecule has 1 fully saturated rings. The molecule has 3 rings (SSSR count). The fraction of sp³-hybridized carbons (Fsp3) is 0.429. The van der Waals surface area contributed by atoms with Gasteiger partial charge in [-0.3, -0.25) is 0 Å². The Balaban J connectivity index is 2.20. The number of hydrogen-bond donors (Lipinski definition) is 2. The molecule has 0 bridgehead atoms. The second kappa shape index (κ2) is 3.76.